The van der Waals surface area contributed by atoms with Crippen LogP contribution in [0, 0.1) is 10.1 Å². The van der Waals surface area contributed by atoms with E-state index in [1.165, 1.54) is 4.68 Å². The van der Waals surface area contributed by atoms with Crippen LogP contribution in [0.3, 0.4) is 0 Å². The van der Waals surface area contributed by atoms with E-state index >= 15 is 0 Å². The first-order valence-corrected chi connectivity index (χ1v) is 3.36. The van der Waals surface area contributed by atoms with Crippen molar-refractivity contribution in [1.29, 1.82) is 0 Å². The van der Waals surface area contributed by atoms with Gasteiger partial charge in [-0.05, 0) is 25.7 Å². The third kappa shape index (κ3) is 1.39. The van der Waals surface area contributed by atoms with E-state index < -0.39 is 10.5 Å². The summed E-state index contributed by atoms with van der Waals surface area (Å²) in [4.78, 5) is 9.77. The first-order chi connectivity index (χ1) is 5.43. The maximum atomic E-state index is 10.4. The van der Waals surface area contributed by atoms with Gasteiger partial charge in [-0.25, -0.2) is 0 Å². The fourth-order valence-corrected chi connectivity index (χ4v) is 0.730. The smallest absolute Gasteiger partial charge is 0.390 e. The third-order valence-electron chi connectivity index (χ3n) is 1.25. The Morgan fingerprint density at radius 1 is 1.50 bits per heavy atom. The summed E-state index contributed by atoms with van der Waals surface area (Å²) in [6.45, 7) is 5.36. The van der Waals surface area contributed by atoms with Crippen molar-refractivity contribution >= 4 is 5.95 Å². The van der Waals surface area contributed by atoms with Crippen molar-refractivity contribution in [2.24, 2.45) is 0 Å². The minimum atomic E-state index is -0.606. The molecule has 0 bridgehead atoms. The zero-order valence-corrected chi connectivity index (χ0v) is 7.05. The average Bonchev–Trinajstić information content (AvgIpc) is 2.30. The molecule has 0 aliphatic carbocycles. The van der Waals surface area contributed by atoms with E-state index in [-0.39, 0.29) is 5.95 Å². The van der Waals surface area contributed by atoms with Crippen LogP contribution < -0.4 is 0 Å². The van der Waals surface area contributed by atoms with Crippen LogP contribution in [-0.2, 0) is 5.54 Å². The molecule has 0 fully saturated rings. The molecule has 1 aromatic rings. The SMILES string of the molecule is CC(C)(C)n1nnnc1[N+](=O)[O-]. The fraction of sp³-hybridized carbons (Fsp3) is 0.800. The lowest BCUT2D eigenvalue weighted by Crippen LogP contribution is -2.24. The van der Waals surface area contributed by atoms with Gasteiger partial charge in [0.15, 0.2) is 0 Å². The van der Waals surface area contributed by atoms with Gasteiger partial charge >= 0.3 is 5.95 Å². The molecular formula is C5H9N5O2. The van der Waals surface area contributed by atoms with Gasteiger partial charge in [-0.2, -0.15) is 0 Å². The highest BCUT2D eigenvalue weighted by Gasteiger charge is 2.28. The Balaban J connectivity index is 3.17. The Labute approximate surface area is 68.5 Å². The lowest BCUT2D eigenvalue weighted by atomic mass is 10.1. The molecule has 0 aliphatic heterocycles. The monoisotopic (exact) mass is 171 g/mol. The van der Waals surface area contributed by atoms with Crippen LogP contribution in [-0.4, -0.2) is 25.1 Å². The van der Waals surface area contributed by atoms with E-state index in [4.69, 9.17) is 0 Å². The topological polar surface area (TPSA) is 86.7 Å². The number of aromatic nitrogens is 4. The van der Waals surface area contributed by atoms with E-state index in [1.807, 2.05) is 0 Å². The predicted octanol–water partition coefficient (Wildman–Crippen LogP) is 0.336. The van der Waals surface area contributed by atoms with Crippen LogP contribution in [0.1, 0.15) is 20.8 Å². The maximum absolute atomic E-state index is 10.4. The van der Waals surface area contributed by atoms with Crippen LogP contribution in [0.15, 0.2) is 0 Å². The Kier molecular flexibility index (Phi) is 1.79. The molecule has 0 radical (unpaired) electrons. The maximum Gasteiger partial charge on any atom is 0.479 e. The van der Waals surface area contributed by atoms with Crippen molar-refractivity contribution in [2.75, 3.05) is 0 Å². The van der Waals surface area contributed by atoms with Crippen molar-refractivity contribution in [3.8, 4) is 0 Å². The molecule has 0 aliphatic rings. The van der Waals surface area contributed by atoms with Crippen LogP contribution in [0.2, 0.25) is 0 Å². The van der Waals surface area contributed by atoms with E-state index in [9.17, 15) is 10.1 Å². The number of rotatable bonds is 1. The van der Waals surface area contributed by atoms with Gasteiger partial charge in [-0.3, -0.25) is 0 Å². The van der Waals surface area contributed by atoms with Gasteiger partial charge in [0.25, 0.3) is 0 Å². The molecule has 0 unspecified atom stereocenters. The molecule has 1 rings (SSSR count). The Morgan fingerprint density at radius 2 is 2.08 bits per heavy atom. The molecule has 0 N–H and O–H groups in total. The summed E-state index contributed by atoms with van der Waals surface area (Å²) in [6.07, 6.45) is 0. The molecule has 66 valence electrons. The number of nitro groups is 1. The number of tetrazole rings is 1. The molecule has 1 aromatic heterocycles. The fourth-order valence-electron chi connectivity index (χ4n) is 0.730. The van der Waals surface area contributed by atoms with E-state index in [1.54, 1.807) is 20.8 Å². The molecule has 0 saturated heterocycles. The molecule has 7 nitrogen and oxygen atoms in total. The van der Waals surface area contributed by atoms with Gasteiger partial charge in [0, 0.05) is 5.21 Å². The van der Waals surface area contributed by atoms with Crippen molar-refractivity contribution in [3.05, 3.63) is 10.1 Å². The minimum Gasteiger partial charge on any atom is -0.390 e. The average molecular weight is 171 g/mol. The van der Waals surface area contributed by atoms with Crippen molar-refractivity contribution in [1.82, 2.24) is 20.2 Å². The lowest BCUT2D eigenvalue weighted by Gasteiger charge is -2.12. The minimum absolute atomic E-state index is 0.331. The molecule has 0 atom stereocenters. The highest BCUT2D eigenvalue weighted by atomic mass is 16.6. The lowest BCUT2D eigenvalue weighted by molar-refractivity contribution is -0.398. The molecule has 7 heteroatoms. The summed E-state index contributed by atoms with van der Waals surface area (Å²) < 4.78 is 1.17. The van der Waals surface area contributed by atoms with Crippen LogP contribution in [0.5, 0.6) is 0 Å². The first-order valence-electron chi connectivity index (χ1n) is 3.36. The van der Waals surface area contributed by atoms with Crippen LogP contribution >= 0.6 is 0 Å². The predicted molar refractivity (Wildman–Crippen MR) is 39.5 cm³/mol. The van der Waals surface area contributed by atoms with Gasteiger partial charge in [-0.15, -0.1) is 4.68 Å². The number of hydrogen-bond acceptors (Lipinski definition) is 5. The van der Waals surface area contributed by atoms with Gasteiger partial charge < -0.3 is 10.1 Å². The summed E-state index contributed by atoms with van der Waals surface area (Å²) >= 11 is 0. The van der Waals surface area contributed by atoms with E-state index in [0.29, 0.717) is 0 Å². The summed E-state index contributed by atoms with van der Waals surface area (Å²) in [5.74, 6) is -0.331. The zero-order chi connectivity index (χ0) is 9.35. The van der Waals surface area contributed by atoms with Gasteiger partial charge in [0.1, 0.15) is 5.54 Å². The molecule has 0 spiro atoms. The third-order valence-corrected chi connectivity index (χ3v) is 1.25. The van der Waals surface area contributed by atoms with Crippen molar-refractivity contribution in [3.63, 3.8) is 0 Å². The summed E-state index contributed by atoms with van der Waals surface area (Å²) in [7, 11) is 0. The quantitative estimate of drug-likeness (QED) is 0.449. The molecular weight excluding hydrogens is 162 g/mol. The van der Waals surface area contributed by atoms with Crippen molar-refractivity contribution in [2.45, 2.75) is 26.3 Å². The Bertz CT molecular complexity index is 299. The second-order valence-electron chi connectivity index (χ2n) is 3.32. The zero-order valence-electron chi connectivity index (χ0n) is 7.05. The van der Waals surface area contributed by atoms with Gasteiger partial charge in [0.2, 0.25) is 0 Å². The molecule has 12 heavy (non-hydrogen) atoms. The normalized spacial score (nSPS) is 11.6. The Morgan fingerprint density at radius 3 is 2.42 bits per heavy atom. The second kappa shape index (κ2) is 2.50. The second-order valence-corrected chi connectivity index (χ2v) is 3.32. The van der Waals surface area contributed by atoms with Crippen molar-refractivity contribution < 1.29 is 4.92 Å². The standard InChI is InChI=1S/C5H9N5O2/c1-5(2,3)9-4(10(11)12)6-7-8-9/h1-3H3. The van der Waals surface area contributed by atoms with Gasteiger partial charge in [-0.1, -0.05) is 0 Å². The highest BCUT2D eigenvalue weighted by molar-refractivity contribution is 5.01. The summed E-state index contributed by atoms with van der Waals surface area (Å²) in [5.41, 5.74) is -0.466. The molecule has 0 aromatic carbocycles. The highest BCUT2D eigenvalue weighted by Crippen LogP contribution is 2.17. The molecule has 0 saturated carbocycles. The van der Waals surface area contributed by atoms with Gasteiger partial charge in [0.05, 0.1) is 10.3 Å². The summed E-state index contributed by atoms with van der Waals surface area (Å²) in [5, 5.41) is 20.4. The van der Waals surface area contributed by atoms with E-state index in [2.05, 4.69) is 15.5 Å². The first kappa shape index (κ1) is 8.57. The van der Waals surface area contributed by atoms with E-state index in [0.717, 1.165) is 0 Å². The number of nitrogens with zero attached hydrogens (tertiary/aromatic N) is 5. The summed E-state index contributed by atoms with van der Waals surface area (Å²) in [6, 6.07) is 0. The molecule has 0 amide bonds. The number of hydrogen-bond donors (Lipinski definition) is 0. The van der Waals surface area contributed by atoms with Crippen LogP contribution in [0.4, 0.5) is 5.95 Å². The Hall–Kier alpha value is -1.53. The molecule has 1 heterocycles. The largest absolute Gasteiger partial charge is 0.479 e. The van der Waals surface area contributed by atoms with Crippen LogP contribution in [0.25, 0.3) is 0 Å².